The first-order chi connectivity index (χ1) is 8.96. The lowest BCUT2D eigenvalue weighted by molar-refractivity contribution is -0.117. The molecule has 4 nitrogen and oxygen atoms in total. The average Bonchev–Trinajstić information content (AvgIpc) is 2.38. The third-order valence-corrected chi connectivity index (χ3v) is 3.46. The number of carbonyl (C=O) groups excluding carboxylic acids is 1. The summed E-state index contributed by atoms with van der Waals surface area (Å²) in [6, 6.07) is 1.88. The zero-order valence-corrected chi connectivity index (χ0v) is 12.6. The molecule has 1 aromatic carbocycles. The number of benzene rings is 1. The fraction of sp³-hybridized carbons (Fsp3) is 0.533. The molecule has 0 aromatic heterocycles. The second-order valence-electron chi connectivity index (χ2n) is 4.70. The molecule has 0 bridgehead atoms. The van der Waals surface area contributed by atoms with E-state index >= 15 is 0 Å². The Morgan fingerprint density at radius 2 is 1.89 bits per heavy atom. The SMILES string of the molecule is CNC(CC(C)=O)c1cc(OC)c(C)c(C)c1OC. The summed E-state index contributed by atoms with van der Waals surface area (Å²) in [5, 5.41) is 3.17. The second kappa shape index (κ2) is 6.57. The summed E-state index contributed by atoms with van der Waals surface area (Å²) in [5.74, 6) is 1.77. The lowest BCUT2D eigenvalue weighted by atomic mass is 9.95. The maximum Gasteiger partial charge on any atom is 0.131 e. The molecule has 1 N–H and O–H groups in total. The number of nitrogens with one attached hydrogen (secondary N) is 1. The van der Waals surface area contributed by atoms with Crippen molar-refractivity contribution in [1.82, 2.24) is 5.32 Å². The lowest BCUT2D eigenvalue weighted by Crippen LogP contribution is -2.20. The summed E-state index contributed by atoms with van der Waals surface area (Å²) in [5.41, 5.74) is 3.06. The summed E-state index contributed by atoms with van der Waals surface area (Å²) in [4.78, 5) is 11.4. The Morgan fingerprint density at radius 1 is 1.26 bits per heavy atom. The van der Waals surface area contributed by atoms with Crippen LogP contribution in [0.4, 0.5) is 0 Å². The maximum absolute atomic E-state index is 11.4. The molecule has 0 aliphatic carbocycles. The molecule has 0 aliphatic rings. The van der Waals surface area contributed by atoms with Crippen LogP contribution in [0.1, 0.15) is 36.1 Å². The highest BCUT2D eigenvalue weighted by Gasteiger charge is 2.21. The highest BCUT2D eigenvalue weighted by Crippen LogP contribution is 2.37. The van der Waals surface area contributed by atoms with E-state index in [0.717, 1.165) is 28.2 Å². The third kappa shape index (κ3) is 3.26. The van der Waals surface area contributed by atoms with Gasteiger partial charge in [0.05, 0.1) is 14.2 Å². The number of rotatable bonds is 6. The molecule has 0 radical (unpaired) electrons. The predicted molar refractivity (Wildman–Crippen MR) is 76.1 cm³/mol. The number of ketones is 1. The van der Waals surface area contributed by atoms with Crippen molar-refractivity contribution in [2.24, 2.45) is 0 Å². The number of carbonyl (C=O) groups is 1. The molecule has 0 aliphatic heterocycles. The molecule has 19 heavy (non-hydrogen) atoms. The topological polar surface area (TPSA) is 47.6 Å². The van der Waals surface area contributed by atoms with Crippen molar-refractivity contribution < 1.29 is 14.3 Å². The molecular formula is C15H23NO3. The van der Waals surface area contributed by atoms with Crippen molar-refractivity contribution in [3.05, 3.63) is 22.8 Å². The van der Waals surface area contributed by atoms with Gasteiger partial charge < -0.3 is 14.8 Å². The lowest BCUT2D eigenvalue weighted by Gasteiger charge is -2.22. The van der Waals surface area contributed by atoms with Crippen molar-refractivity contribution in [1.29, 1.82) is 0 Å². The zero-order chi connectivity index (χ0) is 14.6. The van der Waals surface area contributed by atoms with E-state index in [1.807, 2.05) is 27.0 Å². The number of Topliss-reactive ketones (excluding diaryl/α,β-unsaturated/α-hetero) is 1. The van der Waals surface area contributed by atoms with Gasteiger partial charge in [-0.1, -0.05) is 0 Å². The van der Waals surface area contributed by atoms with Crippen LogP contribution in [0.15, 0.2) is 6.07 Å². The Bertz CT molecular complexity index is 469. The van der Waals surface area contributed by atoms with Crippen molar-refractivity contribution in [2.75, 3.05) is 21.3 Å². The molecule has 0 amide bonds. The van der Waals surface area contributed by atoms with Crippen molar-refractivity contribution in [2.45, 2.75) is 33.2 Å². The molecule has 0 heterocycles. The maximum atomic E-state index is 11.4. The van der Waals surface area contributed by atoms with Crippen LogP contribution in [0.3, 0.4) is 0 Å². The van der Waals surface area contributed by atoms with Gasteiger partial charge in [-0.3, -0.25) is 4.79 Å². The smallest absolute Gasteiger partial charge is 0.131 e. The Morgan fingerprint density at radius 3 is 2.32 bits per heavy atom. The van der Waals surface area contributed by atoms with Crippen LogP contribution >= 0.6 is 0 Å². The minimum absolute atomic E-state index is 0.0688. The molecule has 1 unspecified atom stereocenters. The quantitative estimate of drug-likeness (QED) is 0.858. The van der Waals surface area contributed by atoms with Gasteiger partial charge in [-0.2, -0.15) is 0 Å². The molecule has 0 fully saturated rings. The van der Waals surface area contributed by atoms with Crippen molar-refractivity contribution in [3.63, 3.8) is 0 Å². The first-order valence-electron chi connectivity index (χ1n) is 6.35. The summed E-state index contributed by atoms with van der Waals surface area (Å²) in [7, 11) is 5.14. The van der Waals surface area contributed by atoms with E-state index in [1.165, 1.54) is 0 Å². The van der Waals surface area contributed by atoms with E-state index < -0.39 is 0 Å². The normalized spacial score (nSPS) is 12.1. The minimum Gasteiger partial charge on any atom is -0.496 e. The van der Waals surface area contributed by atoms with Gasteiger partial charge in [0.1, 0.15) is 17.3 Å². The fourth-order valence-corrected chi connectivity index (χ4v) is 2.28. The Hall–Kier alpha value is -1.55. The van der Waals surface area contributed by atoms with Gasteiger partial charge >= 0.3 is 0 Å². The van der Waals surface area contributed by atoms with Gasteiger partial charge in [-0.05, 0) is 45.0 Å². The standard InChI is InChI=1S/C15H23NO3/c1-9(17)7-13(16-4)12-8-14(18-5)10(2)11(3)15(12)19-6/h8,13,16H,7H2,1-6H3. The van der Waals surface area contributed by atoms with E-state index in [0.29, 0.717) is 6.42 Å². The Balaban J connectivity index is 3.38. The van der Waals surface area contributed by atoms with E-state index in [1.54, 1.807) is 21.1 Å². The minimum atomic E-state index is -0.0688. The summed E-state index contributed by atoms with van der Waals surface area (Å²) < 4.78 is 10.9. The molecule has 0 saturated carbocycles. The highest BCUT2D eigenvalue weighted by molar-refractivity contribution is 5.76. The van der Waals surface area contributed by atoms with Gasteiger partial charge in [0.2, 0.25) is 0 Å². The van der Waals surface area contributed by atoms with Crippen LogP contribution in [-0.4, -0.2) is 27.1 Å². The zero-order valence-electron chi connectivity index (χ0n) is 12.6. The summed E-state index contributed by atoms with van der Waals surface area (Å²) in [6.07, 6.45) is 0.429. The number of ether oxygens (including phenoxy) is 2. The van der Waals surface area contributed by atoms with Crippen molar-refractivity contribution in [3.8, 4) is 11.5 Å². The first kappa shape index (κ1) is 15.5. The van der Waals surface area contributed by atoms with E-state index in [4.69, 9.17) is 9.47 Å². The largest absolute Gasteiger partial charge is 0.496 e. The number of hydrogen-bond acceptors (Lipinski definition) is 4. The van der Waals surface area contributed by atoms with Crippen LogP contribution in [0, 0.1) is 13.8 Å². The van der Waals surface area contributed by atoms with Crippen LogP contribution < -0.4 is 14.8 Å². The van der Waals surface area contributed by atoms with Crippen LogP contribution in [0.25, 0.3) is 0 Å². The van der Waals surface area contributed by atoms with Gasteiger partial charge in [-0.15, -0.1) is 0 Å². The van der Waals surface area contributed by atoms with Crippen LogP contribution in [0.2, 0.25) is 0 Å². The molecule has 0 saturated heterocycles. The second-order valence-corrected chi connectivity index (χ2v) is 4.70. The van der Waals surface area contributed by atoms with Crippen LogP contribution in [-0.2, 0) is 4.79 Å². The number of hydrogen-bond donors (Lipinski definition) is 1. The summed E-state index contributed by atoms with van der Waals surface area (Å²) >= 11 is 0. The highest BCUT2D eigenvalue weighted by atomic mass is 16.5. The van der Waals surface area contributed by atoms with E-state index in [9.17, 15) is 4.79 Å². The van der Waals surface area contributed by atoms with E-state index in [-0.39, 0.29) is 11.8 Å². The van der Waals surface area contributed by atoms with Crippen molar-refractivity contribution >= 4 is 5.78 Å². The molecular weight excluding hydrogens is 242 g/mol. The average molecular weight is 265 g/mol. The third-order valence-electron chi connectivity index (χ3n) is 3.46. The number of methoxy groups -OCH3 is 2. The Kier molecular flexibility index (Phi) is 5.36. The predicted octanol–water partition coefficient (Wildman–Crippen LogP) is 2.56. The Labute approximate surface area is 115 Å². The van der Waals surface area contributed by atoms with Gasteiger partial charge in [-0.25, -0.2) is 0 Å². The summed E-state index contributed by atoms with van der Waals surface area (Å²) in [6.45, 7) is 5.59. The first-order valence-corrected chi connectivity index (χ1v) is 6.35. The molecule has 4 heteroatoms. The molecule has 106 valence electrons. The van der Waals surface area contributed by atoms with Gasteiger partial charge in [0, 0.05) is 18.0 Å². The fourth-order valence-electron chi connectivity index (χ4n) is 2.28. The molecule has 1 atom stereocenters. The van der Waals surface area contributed by atoms with Gasteiger partial charge in [0.15, 0.2) is 0 Å². The van der Waals surface area contributed by atoms with Gasteiger partial charge in [0.25, 0.3) is 0 Å². The van der Waals surface area contributed by atoms with E-state index in [2.05, 4.69) is 5.32 Å². The monoisotopic (exact) mass is 265 g/mol. The van der Waals surface area contributed by atoms with Crippen LogP contribution in [0.5, 0.6) is 11.5 Å². The molecule has 1 aromatic rings. The molecule has 1 rings (SSSR count). The molecule has 0 spiro atoms.